The normalized spacial score (nSPS) is 52.2. The predicted molar refractivity (Wildman–Crippen MR) is 241 cm³/mol. The lowest BCUT2D eigenvalue weighted by molar-refractivity contribution is -0.363. The van der Waals surface area contributed by atoms with E-state index < -0.39 is 115 Å². The molecule has 3 aliphatic heterocycles. The van der Waals surface area contributed by atoms with Crippen molar-refractivity contribution >= 4 is 11.9 Å². The van der Waals surface area contributed by atoms with Crippen molar-refractivity contribution in [3.8, 4) is 0 Å². The summed E-state index contributed by atoms with van der Waals surface area (Å²) < 4.78 is 41.8. The summed E-state index contributed by atoms with van der Waals surface area (Å²) in [5, 5.41) is 87.5. The number of allylic oxidation sites excluding steroid dienone is 1. The highest BCUT2D eigenvalue weighted by Gasteiger charge is 2.73. The molecule has 5 aliphatic carbocycles. The van der Waals surface area contributed by atoms with E-state index >= 15 is 0 Å². The van der Waals surface area contributed by atoms with Gasteiger partial charge in [-0.2, -0.15) is 0 Å². The van der Waals surface area contributed by atoms with Gasteiger partial charge in [0.1, 0.15) is 42.7 Å². The summed E-state index contributed by atoms with van der Waals surface area (Å²) >= 11 is 0. The third-order valence-corrected chi connectivity index (χ3v) is 19.7. The molecule has 68 heavy (non-hydrogen) atoms. The highest BCUT2D eigenvalue weighted by atomic mass is 16.8. The molecule has 17 nitrogen and oxygen atoms in total. The minimum absolute atomic E-state index is 0.00378. The van der Waals surface area contributed by atoms with Crippen molar-refractivity contribution in [2.24, 2.45) is 62.6 Å². The molecule has 0 aromatic rings. The Balaban J connectivity index is 1.02. The molecule has 8 fully saturated rings. The summed E-state index contributed by atoms with van der Waals surface area (Å²) in [6, 6.07) is 0. The van der Waals surface area contributed by atoms with Crippen LogP contribution in [0.2, 0.25) is 0 Å². The van der Waals surface area contributed by atoms with E-state index in [2.05, 4.69) is 41.2 Å². The molecule has 24 atom stereocenters. The molecule has 0 spiro atoms. The van der Waals surface area contributed by atoms with Crippen LogP contribution in [-0.4, -0.2) is 158 Å². The third kappa shape index (κ3) is 8.44. The number of esters is 2. The Hall–Kier alpha value is -1.84. The summed E-state index contributed by atoms with van der Waals surface area (Å²) in [4.78, 5) is 27.7. The minimum atomic E-state index is -1.65. The van der Waals surface area contributed by atoms with Crippen LogP contribution < -0.4 is 0 Å². The van der Waals surface area contributed by atoms with Crippen LogP contribution in [0.15, 0.2) is 12.2 Å². The highest BCUT2D eigenvalue weighted by molar-refractivity contribution is 5.78. The Morgan fingerprint density at radius 2 is 1.34 bits per heavy atom. The second-order valence-corrected chi connectivity index (χ2v) is 24.3. The van der Waals surface area contributed by atoms with Crippen LogP contribution in [0.25, 0.3) is 0 Å². The average Bonchev–Trinajstić information content (AvgIpc) is 3.66. The molecule has 8 aliphatic rings. The molecule has 0 unspecified atom stereocenters. The molecule has 8 N–H and O–H groups in total. The van der Waals surface area contributed by atoms with E-state index in [4.69, 9.17) is 33.2 Å². The SMILES string of the molecule is C=C(C)[C@@H]1CC[C@]2(C(=O)O[C@@H]3O[C@@H](C)[C@H](O)[C@@H](OC(=O)CC(C)C)[C@H]3O)CC[C@]3(C)[C@H](CC[C@@H]4[C@@]5(C)C[C@@H](O)[C@H](O[C@@H]6OC[C@@H](O)[C@H](O)[C@H]6O[C@@H]6OC[C@@H](O)[C@H](O)[C@H]6O)C(C)(C)[C@@H]5CC[C@]43C)[C@@H]12. The van der Waals surface area contributed by atoms with Gasteiger partial charge in [-0.05, 0) is 129 Å². The summed E-state index contributed by atoms with van der Waals surface area (Å²) in [5.74, 6) is -0.594. The van der Waals surface area contributed by atoms with E-state index in [1.165, 1.54) is 0 Å². The molecule has 17 heteroatoms. The molecule has 0 aromatic carbocycles. The molecule has 8 rings (SSSR count). The number of hydrogen-bond donors (Lipinski definition) is 8. The number of aliphatic hydroxyl groups excluding tert-OH is 8. The lowest BCUT2D eigenvalue weighted by Gasteiger charge is -2.73. The van der Waals surface area contributed by atoms with Gasteiger partial charge in [-0.3, -0.25) is 9.59 Å². The zero-order valence-corrected chi connectivity index (χ0v) is 41.6. The molecule has 0 radical (unpaired) electrons. The van der Waals surface area contributed by atoms with Gasteiger partial charge in [0.25, 0.3) is 0 Å². The zero-order valence-electron chi connectivity index (χ0n) is 41.6. The quantitative estimate of drug-likeness (QED) is 0.0890. The van der Waals surface area contributed by atoms with Gasteiger partial charge in [0, 0.05) is 6.42 Å². The van der Waals surface area contributed by atoms with E-state index in [9.17, 15) is 50.4 Å². The van der Waals surface area contributed by atoms with Gasteiger partial charge < -0.3 is 74.0 Å². The van der Waals surface area contributed by atoms with Crippen molar-refractivity contribution in [3.63, 3.8) is 0 Å². The van der Waals surface area contributed by atoms with Crippen molar-refractivity contribution < 1.29 is 83.6 Å². The first-order valence-electron chi connectivity index (χ1n) is 25.4. The fourth-order valence-corrected chi connectivity index (χ4v) is 16.1. The van der Waals surface area contributed by atoms with E-state index in [-0.39, 0.29) is 71.4 Å². The van der Waals surface area contributed by atoms with Crippen molar-refractivity contribution in [3.05, 3.63) is 12.2 Å². The van der Waals surface area contributed by atoms with Crippen LogP contribution in [0, 0.1) is 62.6 Å². The van der Waals surface area contributed by atoms with Gasteiger partial charge in [0.15, 0.2) is 24.8 Å². The largest absolute Gasteiger partial charge is 0.456 e. The van der Waals surface area contributed by atoms with Crippen LogP contribution in [0.3, 0.4) is 0 Å². The van der Waals surface area contributed by atoms with Crippen molar-refractivity contribution in [1.82, 2.24) is 0 Å². The van der Waals surface area contributed by atoms with E-state index in [1.807, 2.05) is 20.8 Å². The third-order valence-electron chi connectivity index (χ3n) is 19.7. The first-order valence-corrected chi connectivity index (χ1v) is 25.4. The summed E-state index contributed by atoms with van der Waals surface area (Å²) in [7, 11) is 0. The number of ether oxygens (including phenoxy) is 7. The predicted octanol–water partition coefficient (Wildman–Crippen LogP) is 2.87. The van der Waals surface area contributed by atoms with Gasteiger partial charge in [-0.25, -0.2) is 0 Å². The van der Waals surface area contributed by atoms with Crippen LogP contribution >= 0.6 is 0 Å². The minimum Gasteiger partial charge on any atom is -0.456 e. The van der Waals surface area contributed by atoms with Crippen molar-refractivity contribution in [2.75, 3.05) is 13.2 Å². The average molecular weight is 967 g/mol. The summed E-state index contributed by atoms with van der Waals surface area (Å²) in [6.07, 6.45) is -13.1. The maximum atomic E-state index is 15.0. The highest BCUT2D eigenvalue weighted by Crippen LogP contribution is 2.78. The summed E-state index contributed by atoms with van der Waals surface area (Å²) in [6.45, 7) is 22.7. The van der Waals surface area contributed by atoms with Gasteiger partial charge in [-0.15, -0.1) is 0 Å². The molecule has 3 heterocycles. The standard InChI is InChI=1S/C51H82O17/c1-23(2)19-33(55)65-40-35(56)25(5)64-44(39(40)60)68-46(61)51-16-13-26(24(3)4)34(51)27-11-12-32-48(8)20-28(52)42(47(6,7)31(48)14-15-50(32,10)49(27,9)17-18-51)67-45-41(37(58)30(54)22-63-45)66-43-38(59)36(57)29(53)21-62-43/h23,25-32,34-45,52-54,56-60H,3,11-22H2,1-2,4-10H3/t25-,26-,27+,28+,29+,30+,31-,32+,34+,35-,36-,37-,38+,39+,40+,41+,42-,43-,44-,45-,48-,49+,50+,51-/m0/s1. The number of rotatable bonds is 10. The maximum absolute atomic E-state index is 15.0. The van der Waals surface area contributed by atoms with Crippen LogP contribution in [0.4, 0.5) is 0 Å². The second-order valence-electron chi connectivity index (χ2n) is 24.3. The Morgan fingerprint density at radius 3 is 2.00 bits per heavy atom. The second kappa shape index (κ2) is 18.9. The Morgan fingerprint density at radius 1 is 0.676 bits per heavy atom. The lowest BCUT2D eigenvalue weighted by atomic mass is 9.32. The zero-order chi connectivity index (χ0) is 49.8. The van der Waals surface area contributed by atoms with Crippen LogP contribution in [0.1, 0.15) is 127 Å². The van der Waals surface area contributed by atoms with E-state index in [0.717, 1.165) is 44.1 Å². The molecule has 0 aromatic heterocycles. The Labute approximate surface area is 401 Å². The number of hydrogen-bond acceptors (Lipinski definition) is 17. The van der Waals surface area contributed by atoms with Gasteiger partial charge >= 0.3 is 11.9 Å². The Kier molecular flexibility index (Phi) is 14.6. The number of fused-ring (bicyclic) bond motifs is 7. The van der Waals surface area contributed by atoms with Crippen molar-refractivity contribution in [1.29, 1.82) is 0 Å². The number of carbonyl (C=O) groups excluding carboxylic acids is 2. The van der Waals surface area contributed by atoms with Crippen LogP contribution in [-0.2, 0) is 42.7 Å². The van der Waals surface area contributed by atoms with Gasteiger partial charge in [0.05, 0.1) is 36.9 Å². The van der Waals surface area contributed by atoms with Gasteiger partial charge in [-0.1, -0.05) is 60.6 Å². The van der Waals surface area contributed by atoms with Crippen LogP contribution in [0.5, 0.6) is 0 Å². The fourth-order valence-electron chi connectivity index (χ4n) is 16.1. The molecule has 388 valence electrons. The first kappa shape index (κ1) is 52.5. The maximum Gasteiger partial charge on any atom is 0.314 e. The van der Waals surface area contributed by atoms with E-state index in [1.54, 1.807) is 6.92 Å². The lowest BCUT2D eigenvalue weighted by Crippen LogP contribution is -2.69. The van der Waals surface area contributed by atoms with Crippen molar-refractivity contribution in [2.45, 2.75) is 219 Å². The van der Waals surface area contributed by atoms with E-state index in [0.29, 0.717) is 19.3 Å². The molecule has 3 saturated heterocycles. The number of aliphatic hydroxyl groups is 8. The number of carbonyl (C=O) groups is 2. The smallest absolute Gasteiger partial charge is 0.314 e. The molecule has 0 bridgehead atoms. The van der Waals surface area contributed by atoms with Gasteiger partial charge in [0.2, 0.25) is 6.29 Å². The first-order chi connectivity index (χ1) is 31.7. The topological polar surface area (TPSA) is 261 Å². The molecular formula is C51H82O17. The molecule has 0 amide bonds. The monoisotopic (exact) mass is 967 g/mol. The fraction of sp³-hybridized carbons (Fsp3) is 0.922. The molecular weight excluding hydrogens is 885 g/mol. The summed E-state index contributed by atoms with van der Waals surface area (Å²) in [5.41, 5.74) is -1.20. The molecule has 5 saturated carbocycles. The Bertz CT molecular complexity index is 1860.